The molecule has 1 spiro atoms. The summed E-state index contributed by atoms with van der Waals surface area (Å²) < 4.78 is 42.6. The number of carbonyl (C=O) groups excluding carboxylic acids is 1. The third-order valence-electron chi connectivity index (χ3n) is 17.9. The van der Waals surface area contributed by atoms with Gasteiger partial charge in [-0.25, -0.2) is 18.1 Å². The normalized spacial score (nSPS) is 22.6. The molecule has 2 saturated heterocycles. The molecule has 1 amide bonds. The van der Waals surface area contributed by atoms with Crippen LogP contribution in [0.15, 0.2) is 108 Å². The Kier molecular flexibility index (Phi) is 14.6. The van der Waals surface area contributed by atoms with E-state index in [0.717, 1.165) is 114 Å². The maximum Gasteiger partial charge on any atom is 0.293 e. The number of carbonyl (C=O) groups is 1. The topological polar surface area (TPSA) is 195 Å². The number of nitrogens with one attached hydrogen (secondary N) is 3. The maximum absolute atomic E-state index is 14.2. The van der Waals surface area contributed by atoms with Crippen LogP contribution in [-0.2, 0) is 22.0 Å². The molecule has 0 radical (unpaired) electrons. The van der Waals surface area contributed by atoms with Crippen LogP contribution in [-0.4, -0.2) is 102 Å². The number of aromatic nitrogens is 2. The van der Waals surface area contributed by atoms with Crippen molar-refractivity contribution in [1.29, 1.82) is 0 Å². The van der Waals surface area contributed by atoms with E-state index in [9.17, 15) is 28.4 Å². The predicted molar refractivity (Wildman–Crippen MR) is 303 cm³/mol. The Balaban J connectivity index is 0.776. The molecule has 0 bridgehead atoms. The van der Waals surface area contributed by atoms with E-state index in [-0.39, 0.29) is 39.8 Å². The van der Waals surface area contributed by atoms with E-state index in [1.54, 1.807) is 30.6 Å². The zero-order chi connectivity index (χ0) is 54.6. The fraction of sp³-hybridized carbons (Fsp3) is 0.475. The lowest BCUT2D eigenvalue weighted by Gasteiger charge is -2.58. The van der Waals surface area contributed by atoms with E-state index in [1.807, 2.05) is 19.1 Å². The first kappa shape index (κ1) is 53.5. The monoisotopic (exact) mass is 1080 g/mol. The van der Waals surface area contributed by atoms with Crippen LogP contribution in [0.1, 0.15) is 137 Å². The first-order valence-corrected chi connectivity index (χ1v) is 29.4. The fourth-order valence-corrected chi connectivity index (χ4v) is 14.1. The Hall–Kier alpha value is -6.53. The number of aromatic amines is 1. The van der Waals surface area contributed by atoms with Gasteiger partial charge in [0.2, 0.25) is 0 Å². The van der Waals surface area contributed by atoms with Crippen molar-refractivity contribution in [2.75, 3.05) is 56.1 Å². The van der Waals surface area contributed by atoms with E-state index in [0.29, 0.717) is 42.7 Å². The number of H-pyrrole nitrogens is 1. The van der Waals surface area contributed by atoms with Gasteiger partial charge < -0.3 is 29.8 Å². The minimum Gasteiger partial charge on any atom is -0.493 e. The molecule has 78 heavy (non-hydrogen) atoms. The number of piperidine rings is 1. The van der Waals surface area contributed by atoms with E-state index in [2.05, 4.69) is 105 Å². The van der Waals surface area contributed by atoms with Crippen molar-refractivity contribution >= 4 is 44.0 Å². The number of hydrogen-bond donors (Lipinski definition) is 4. The number of rotatable bonds is 15. The number of nitro groups is 1. The van der Waals surface area contributed by atoms with Gasteiger partial charge >= 0.3 is 0 Å². The summed E-state index contributed by atoms with van der Waals surface area (Å²) in [6.07, 6.45) is 11.5. The molecule has 4 fully saturated rings. The van der Waals surface area contributed by atoms with Crippen LogP contribution in [0, 0.1) is 21.4 Å². The van der Waals surface area contributed by atoms with E-state index >= 15 is 0 Å². The standard InChI is InChI=1S/C61H74N8O8S/c1-40(2)48-8-6-7-9-49(48)54-39-66(38-42-10-14-51-56(30-42)76-29-23-59(51,3)4)27-28-68(54)45-34-61(35-45)21-25-67(26-22-61)44-11-13-50(55(32-44)77-46-31-43-18-24-62-57(43)64-37-46)58(70)65-78(74,75)47-12-15-52(53(33-47)69(72)73)63-36-41-16-19-60(5,71)20-17-41/h6-15,18,24,30-33,37,40-41,45,54,63,71H,16-17,19-23,25-29,34-36,38-39H2,1-5H3,(H,62,64)(H,65,70)/t41-,54-,60-/m0/s1. The summed E-state index contributed by atoms with van der Waals surface area (Å²) in [4.78, 5) is 40.7. The second-order valence-electron chi connectivity index (χ2n) is 24.2. The molecule has 2 saturated carbocycles. The Labute approximate surface area is 458 Å². The molecule has 3 aliphatic heterocycles. The molecule has 6 aromatic rings. The van der Waals surface area contributed by atoms with Crippen LogP contribution >= 0.6 is 0 Å². The van der Waals surface area contributed by atoms with Gasteiger partial charge in [0.15, 0.2) is 0 Å². The molecule has 16 nitrogen and oxygen atoms in total. The average molecular weight is 1080 g/mol. The van der Waals surface area contributed by atoms with E-state index in [4.69, 9.17) is 9.47 Å². The average Bonchev–Trinajstić information content (AvgIpc) is 4.02. The summed E-state index contributed by atoms with van der Waals surface area (Å²) >= 11 is 0. The van der Waals surface area contributed by atoms with Crippen molar-refractivity contribution in [3.05, 3.63) is 141 Å². The summed E-state index contributed by atoms with van der Waals surface area (Å²) in [6, 6.07) is 29.1. The molecule has 11 rings (SSSR count). The van der Waals surface area contributed by atoms with Crippen LogP contribution in [0.4, 0.5) is 17.1 Å². The molecular weight excluding hydrogens is 1000 g/mol. The summed E-state index contributed by atoms with van der Waals surface area (Å²) in [7, 11) is -4.59. The highest BCUT2D eigenvalue weighted by molar-refractivity contribution is 7.90. The number of sulfonamides is 1. The highest BCUT2D eigenvalue weighted by Crippen LogP contribution is 2.54. The number of aliphatic hydroxyl groups is 1. The summed E-state index contributed by atoms with van der Waals surface area (Å²) in [5.74, 6) is 1.20. The summed E-state index contributed by atoms with van der Waals surface area (Å²) in [5.41, 5.74) is 6.32. The molecule has 2 aromatic heterocycles. The summed E-state index contributed by atoms with van der Waals surface area (Å²) in [5, 5.41) is 26.5. The largest absolute Gasteiger partial charge is 0.493 e. The van der Waals surface area contributed by atoms with Gasteiger partial charge in [-0.2, -0.15) is 0 Å². The zero-order valence-electron chi connectivity index (χ0n) is 45.6. The van der Waals surface area contributed by atoms with Gasteiger partial charge in [-0.3, -0.25) is 24.7 Å². The van der Waals surface area contributed by atoms with Crippen molar-refractivity contribution in [3.63, 3.8) is 0 Å². The van der Waals surface area contributed by atoms with Crippen molar-refractivity contribution < 1.29 is 32.7 Å². The van der Waals surface area contributed by atoms with Crippen molar-refractivity contribution in [1.82, 2.24) is 24.5 Å². The number of ether oxygens (including phenoxy) is 2. The molecule has 1 atom stereocenters. The van der Waals surface area contributed by atoms with Gasteiger partial charge in [0.1, 0.15) is 28.6 Å². The molecule has 5 aliphatic rings. The van der Waals surface area contributed by atoms with Crippen LogP contribution in [0.25, 0.3) is 11.0 Å². The van der Waals surface area contributed by atoms with Crippen LogP contribution < -0.4 is 24.4 Å². The minimum absolute atomic E-state index is 0.0273. The smallest absolute Gasteiger partial charge is 0.293 e. The van der Waals surface area contributed by atoms with E-state index in [1.165, 1.54) is 34.4 Å². The van der Waals surface area contributed by atoms with E-state index < -0.39 is 37.0 Å². The van der Waals surface area contributed by atoms with Gasteiger partial charge in [-0.05, 0) is 152 Å². The predicted octanol–water partition coefficient (Wildman–Crippen LogP) is 11.2. The molecule has 412 valence electrons. The Morgan fingerprint density at radius 2 is 1.72 bits per heavy atom. The molecule has 2 aliphatic carbocycles. The third kappa shape index (κ3) is 11.2. The van der Waals surface area contributed by atoms with Crippen LogP contribution in [0.5, 0.6) is 17.2 Å². The van der Waals surface area contributed by atoms with Crippen LogP contribution in [0.2, 0.25) is 0 Å². The number of pyridine rings is 1. The quantitative estimate of drug-likeness (QED) is 0.0561. The number of benzene rings is 4. The van der Waals surface area contributed by atoms with Gasteiger partial charge in [0, 0.05) is 87.3 Å². The number of hydrogen-bond acceptors (Lipinski definition) is 13. The second kappa shape index (κ2) is 21.3. The number of fused-ring (bicyclic) bond motifs is 2. The SMILES string of the molecule is CC(C)c1ccccc1[C@@H]1CN(Cc2ccc3c(c2)OCCC3(C)C)CCN1C1CC2(CCN(c3ccc(C(=O)NS(=O)(=O)c4ccc(NC[C@H]5CC[C@](C)(O)CC5)c([N+](=O)[O-])c4)c(Oc4cnc5[nH]ccc5c4)c3)CC2)C1. The molecule has 4 aromatic carbocycles. The molecule has 17 heteroatoms. The Morgan fingerprint density at radius 3 is 2.49 bits per heavy atom. The number of amides is 1. The fourth-order valence-electron chi connectivity index (χ4n) is 13.1. The highest BCUT2D eigenvalue weighted by atomic mass is 32.2. The third-order valence-corrected chi connectivity index (χ3v) is 19.3. The molecule has 0 unspecified atom stereocenters. The lowest BCUT2D eigenvalue weighted by Crippen LogP contribution is -2.60. The first-order chi connectivity index (χ1) is 37.3. The number of anilines is 2. The van der Waals surface area contributed by atoms with Gasteiger partial charge in [0.25, 0.3) is 21.6 Å². The number of nitrogens with zero attached hydrogens (tertiary/aromatic N) is 5. The lowest BCUT2D eigenvalue weighted by molar-refractivity contribution is -0.384. The lowest BCUT2D eigenvalue weighted by atomic mass is 9.59. The Bertz CT molecular complexity index is 3310. The zero-order valence-corrected chi connectivity index (χ0v) is 46.4. The van der Waals surface area contributed by atoms with Gasteiger partial charge in [-0.15, -0.1) is 0 Å². The van der Waals surface area contributed by atoms with Crippen molar-refractivity contribution in [2.45, 2.75) is 133 Å². The van der Waals surface area contributed by atoms with Crippen molar-refractivity contribution in [2.24, 2.45) is 11.3 Å². The molecule has 5 heterocycles. The van der Waals surface area contributed by atoms with Crippen LogP contribution in [0.3, 0.4) is 0 Å². The molecular formula is C61H74N8O8S. The number of piperazine rings is 1. The Morgan fingerprint density at radius 1 is 0.936 bits per heavy atom. The second-order valence-corrected chi connectivity index (χ2v) is 25.9. The van der Waals surface area contributed by atoms with Gasteiger partial charge in [0.05, 0.1) is 33.8 Å². The summed E-state index contributed by atoms with van der Waals surface area (Å²) in [6.45, 7) is 17.7. The highest BCUT2D eigenvalue weighted by Gasteiger charge is 2.50. The van der Waals surface area contributed by atoms with Crippen molar-refractivity contribution in [3.8, 4) is 17.2 Å². The van der Waals surface area contributed by atoms with Gasteiger partial charge in [-0.1, -0.05) is 64.1 Å². The minimum atomic E-state index is -4.59. The first-order valence-electron chi connectivity index (χ1n) is 28.0. The maximum atomic E-state index is 14.2. The number of nitro benzene ring substituents is 1. The molecule has 4 N–H and O–H groups in total.